The van der Waals surface area contributed by atoms with Crippen LogP contribution in [0, 0.1) is 17.0 Å². The van der Waals surface area contributed by atoms with Crippen molar-refractivity contribution in [3.63, 3.8) is 0 Å². The topological polar surface area (TPSA) is 104 Å². The number of aromatic hydroxyl groups is 1. The Morgan fingerprint density at radius 1 is 1.19 bits per heavy atom. The van der Waals surface area contributed by atoms with Gasteiger partial charge in [0, 0.05) is 23.5 Å². The van der Waals surface area contributed by atoms with E-state index in [0.29, 0.717) is 16.9 Å². The van der Waals surface area contributed by atoms with Gasteiger partial charge in [-0.3, -0.25) is 10.1 Å². The van der Waals surface area contributed by atoms with Gasteiger partial charge < -0.3 is 15.7 Å². The summed E-state index contributed by atoms with van der Waals surface area (Å²) in [5, 5.41) is 25.1. The molecule has 0 bridgehead atoms. The first-order valence-electron chi connectivity index (χ1n) is 6.08. The van der Waals surface area contributed by atoms with Crippen molar-refractivity contribution in [3.05, 3.63) is 58.1 Å². The number of urea groups is 1. The first-order valence-corrected chi connectivity index (χ1v) is 6.08. The summed E-state index contributed by atoms with van der Waals surface area (Å²) in [6.45, 7) is 1.74. The summed E-state index contributed by atoms with van der Waals surface area (Å²) in [5.41, 5.74) is 1.45. The maximum Gasteiger partial charge on any atom is 0.323 e. The van der Waals surface area contributed by atoms with Crippen molar-refractivity contribution in [3.8, 4) is 5.75 Å². The molecule has 2 rings (SSSR count). The largest absolute Gasteiger partial charge is 0.508 e. The van der Waals surface area contributed by atoms with E-state index < -0.39 is 11.0 Å². The number of rotatable bonds is 3. The number of carbonyl (C=O) groups excluding carboxylic acids is 1. The van der Waals surface area contributed by atoms with Gasteiger partial charge in [-0.25, -0.2) is 4.79 Å². The third kappa shape index (κ3) is 3.69. The highest BCUT2D eigenvalue weighted by Crippen LogP contribution is 2.21. The van der Waals surface area contributed by atoms with E-state index >= 15 is 0 Å². The zero-order chi connectivity index (χ0) is 15.4. The molecule has 3 N–H and O–H groups in total. The van der Waals surface area contributed by atoms with Gasteiger partial charge in [-0.2, -0.15) is 0 Å². The van der Waals surface area contributed by atoms with Crippen LogP contribution in [0.1, 0.15) is 5.56 Å². The molecule has 7 heteroatoms. The van der Waals surface area contributed by atoms with Crippen LogP contribution < -0.4 is 10.6 Å². The third-order valence-corrected chi connectivity index (χ3v) is 2.77. The summed E-state index contributed by atoms with van der Waals surface area (Å²) in [6.07, 6.45) is 0. The van der Waals surface area contributed by atoms with Gasteiger partial charge in [0.25, 0.3) is 5.69 Å². The van der Waals surface area contributed by atoms with E-state index in [4.69, 9.17) is 0 Å². The summed E-state index contributed by atoms with van der Waals surface area (Å²) < 4.78 is 0. The fourth-order valence-electron chi connectivity index (χ4n) is 1.77. The van der Waals surface area contributed by atoms with Gasteiger partial charge in [0.1, 0.15) is 5.75 Å². The molecule has 0 fully saturated rings. The van der Waals surface area contributed by atoms with E-state index in [0.717, 1.165) is 0 Å². The zero-order valence-electron chi connectivity index (χ0n) is 11.2. The van der Waals surface area contributed by atoms with Crippen LogP contribution in [0.15, 0.2) is 42.5 Å². The van der Waals surface area contributed by atoms with Gasteiger partial charge >= 0.3 is 6.03 Å². The Labute approximate surface area is 120 Å². The minimum absolute atomic E-state index is 0.103. The smallest absolute Gasteiger partial charge is 0.323 e. The van der Waals surface area contributed by atoms with Crippen LogP contribution in [0.4, 0.5) is 21.9 Å². The number of benzene rings is 2. The highest BCUT2D eigenvalue weighted by Gasteiger charge is 2.09. The Morgan fingerprint density at radius 3 is 2.62 bits per heavy atom. The number of anilines is 2. The fourth-order valence-corrected chi connectivity index (χ4v) is 1.77. The molecule has 0 heterocycles. The Hall–Kier alpha value is -3.09. The lowest BCUT2D eigenvalue weighted by Gasteiger charge is -2.10. The van der Waals surface area contributed by atoms with Crippen LogP contribution in [0.5, 0.6) is 5.75 Å². The van der Waals surface area contributed by atoms with Crippen LogP contribution in [0.2, 0.25) is 0 Å². The van der Waals surface area contributed by atoms with Crippen molar-refractivity contribution >= 4 is 23.1 Å². The lowest BCUT2D eigenvalue weighted by Crippen LogP contribution is -2.19. The molecular weight excluding hydrogens is 274 g/mol. The lowest BCUT2D eigenvalue weighted by molar-refractivity contribution is -0.384. The lowest BCUT2D eigenvalue weighted by atomic mass is 10.2. The number of hydrogen-bond donors (Lipinski definition) is 3. The van der Waals surface area contributed by atoms with E-state index in [1.54, 1.807) is 19.1 Å². The van der Waals surface area contributed by atoms with Gasteiger partial charge in [0.05, 0.1) is 4.92 Å². The quantitative estimate of drug-likeness (QED) is 0.457. The number of non-ortho nitro benzene ring substituents is 1. The van der Waals surface area contributed by atoms with Crippen molar-refractivity contribution < 1.29 is 14.8 Å². The number of aryl methyl sites for hydroxylation is 1. The predicted molar refractivity (Wildman–Crippen MR) is 78.6 cm³/mol. The predicted octanol–water partition coefficient (Wildman–Crippen LogP) is 3.25. The van der Waals surface area contributed by atoms with Crippen LogP contribution >= 0.6 is 0 Å². The molecule has 0 aliphatic rings. The highest BCUT2D eigenvalue weighted by molar-refractivity contribution is 6.00. The number of nitrogens with one attached hydrogen (secondary N) is 2. The van der Waals surface area contributed by atoms with Gasteiger partial charge in [-0.15, -0.1) is 0 Å². The molecule has 0 aliphatic heterocycles. The zero-order valence-corrected chi connectivity index (χ0v) is 11.2. The van der Waals surface area contributed by atoms with Crippen molar-refractivity contribution in [2.75, 3.05) is 10.6 Å². The Balaban J connectivity index is 2.08. The molecule has 0 saturated carbocycles. The number of nitrogens with zero attached hydrogens (tertiary/aromatic N) is 1. The summed E-state index contributed by atoms with van der Waals surface area (Å²) in [7, 11) is 0. The minimum Gasteiger partial charge on any atom is -0.508 e. The average Bonchev–Trinajstić information content (AvgIpc) is 2.42. The molecule has 0 spiro atoms. The molecule has 108 valence electrons. The van der Waals surface area contributed by atoms with E-state index in [-0.39, 0.29) is 11.4 Å². The summed E-state index contributed by atoms with van der Waals surface area (Å²) in [4.78, 5) is 22.0. The Morgan fingerprint density at radius 2 is 1.95 bits per heavy atom. The molecule has 0 aliphatic carbocycles. The number of nitro groups is 1. The van der Waals surface area contributed by atoms with Crippen LogP contribution in [0.3, 0.4) is 0 Å². The highest BCUT2D eigenvalue weighted by atomic mass is 16.6. The van der Waals surface area contributed by atoms with E-state index in [2.05, 4.69) is 10.6 Å². The van der Waals surface area contributed by atoms with E-state index in [9.17, 15) is 20.0 Å². The van der Waals surface area contributed by atoms with Crippen LogP contribution in [-0.2, 0) is 0 Å². The molecule has 21 heavy (non-hydrogen) atoms. The second kappa shape index (κ2) is 5.91. The second-order valence-corrected chi connectivity index (χ2v) is 4.39. The summed E-state index contributed by atoms with van der Waals surface area (Å²) in [6, 6.07) is 9.66. The van der Waals surface area contributed by atoms with Gasteiger partial charge in [-0.1, -0.05) is 6.07 Å². The Bertz CT molecular complexity index is 700. The van der Waals surface area contributed by atoms with Crippen LogP contribution in [0.25, 0.3) is 0 Å². The van der Waals surface area contributed by atoms with Crippen LogP contribution in [-0.4, -0.2) is 16.1 Å². The summed E-state index contributed by atoms with van der Waals surface area (Å²) in [5.74, 6) is 0.108. The van der Waals surface area contributed by atoms with Gasteiger partial charge in [0.15, 0.2) is 0 Å². The van der Waals surface area contributed by atoms with Gasteiger partial charge in [0.2, 0.25) is 0 Å². The second-order valence-electron chi connectivity index (χ2n) is 4.39. The number of phenolic OH excluding ortho intramolecular Hbond substituents is 1. The average molecular weight is 287 g/mol. The monoisotopic (exact) mass is 287 g/mol. The molecule has 0 aromatic heterocycles. The number of hydrogen-bond acceptors (Lipinski definition) is 4. The molecule has 0 saturated heterocycles. The first kappa shape index (κ1) is 14.3. The van der Waals surface area contributed by atoms with Crippen molar-refractivity contribution in [1.29, 1.82) is 0 Å². The maximum absolute atomic E-state index is 11.8. The molecule has 0 unspecified atom stereocenters. The van der Waals surface area contributed by atoms with E-state index in [1.807, 2.05) is 0 Å². The Kier molecular flexibility index (Phi) is 4.03. The number of phenols is 1. The third-order valence-electron chi connectivity index (χ3n) is 2.77. The number of nitro benzene ring substituents is 1. The fraction of sp³-hybridized carbons (Fsp3) is 0.0714. The minimum atomic E-state index is -0.535. The van der Waals surface area contributed by atoms with Gasteiger partial charge in [-0.05, 0) is 36.8 Å². The molecule has 2 aromatic rings. The number of amides is 2. The molecule has 7 nitrogen and oxygen atoms in total. The molecule has 0 radical (unpaired) electrons. The summed E-state index contributed by atoms with van der Waals surface area (Å²) >= 11 is 0. The van der Waals surface area contributed by atoms with Crippen molar-refractivity contribution in [2.45, 2.75) is 6.92 Å². The molecule has 2 amide bonds. The van der Waals surface area contributed by atoms with E-state index in [1.165, 1.54) is 30.3 Å². The molecule has 2 aromatic carbocycles. The first-order chi connectivity index (χ1) is 9.95. The SMILES string of the molecule is Cc1cc(O)ccc1NC(=O)Nc1cccc([N+](=O)[O-])c1. The standard InChI is InChI=1S/C14H13N3O4/c1-9-7-12(18)5-6-13(9)16-14(19)15-10-3-2-4-11(8-10)17(20)21/h2-8,18H,1H3,(H2,15,16,19). The number of carbonyl (C=O) groups is 1. The maximum atomic E-state index is 11.8. The molecule has 0 atom stereocenters. The molecular formula is C14H13N3O4. The normalized spacial score (nSPS) is 9.95. The van der Waals surface area contributed by atoms with Crippen molar-refractivity contribution in [1.82, 2.24) is 0 Å². The van der Waals surface area contributed by atoms with Crippen molar-refractivity contribution in [2.24, 2.45) is 0 Å².